The number of thioether (sulfide) groups is 1. The average molecular weight is 571 g/mol. The van der Waals surface area contributed by atoms with Crippen LogP contribution in [0.1, 0.15) is 64.4 Å². The first kappa shape index (κ1) is 31.3. The SMILES string of the molecule is CN(CCc1c(C(=O)NCc2ccc(C#N)cc2)nn(CCOCCN)c1C=O)CC1(SC(C)(C)C(=O)O)CC1. The predicted octanol–water partition coefficient (Wildman–Crippen LogP) is 2.08. The molecule has 1 aromatic heterocycles. The van der Waals surface area contributed by atoms with E-state index in [0.29, 0.717) is 62.6 Å². The van der Waals surface area contributed by atoms with Gasteiger partial charge in [0.05, 0.1) is 31.4 Å². The van der Waals surface area contributed by atoms with Crippen molar-refractivity contribution in [3.8, 4) is 6.07 Å². The molecule has 0 radical (unpaired) electrons. The fraction of sp³-hybridized carbons (Fsp3) is 0.536. The Bertz CT molecular complexity index is 1230. The van der Waals surface area contributed by atoms with Crippen molar-refractivity contribution in [2.24, 2.45) is 5.73 Å². The van der Waals surface area contributed by atoms with Crippen molar-refractivity contribution in [3.05, 3.63) is 52.3 Å². The third kappa shape index (κ3) is 8.38. The number of aromatic nitrogens is 2. The first-order valence-electron chi connectivity index (χ1n) is 13.3. The fourth-order valence-electron chi connectivity index (χ4n) is 4.43. The molecule has 216 valence electrons. The Morgan fingerprint density at radius 3 is 2.60 bits per heavy atom. The van der Waals surface area contributed by atoms with Gasteiger partial charge in [-0.25, -0.2) is 0 Å². The van der Waals surface area contributed by atoms with Crippen LogP contribution in [0.15, 0.2) is 24.3 Å². The van der Waals surface area contributed by atoms with Gasteiger partial charge in [0.15, 0.2) is 12.0 Å². The number of rotatable bonds is 17. The molecule has 1 aliphatic carbocycles. The van der Waals surface area contributed by atoms with Crippen LogP contribution in [0.25, 0.3) is 0 Å². The smallest absolute Gasteiger partial charge is 0.319 e. The summed E-state index contributed by atoms with van der Waals surface area (Å²) in [6.45, 7) is 6.30. The van der Waals surface area contributed by atoms with Crippen LogP contribution in [0, 0.1) is 11.3 Å². The molecule has 0 atom stereocenters. The van der Waals surface area contributed by atoms with Crippen molar-refractivity contribution in [2.45, 2.75) is 55.7 Å². The van der Waals surface area contributed by atoms with Crippen LogP contribution < -0.4 is 11.1 Å². The van der Waals surface area contributed by atoms with Crippen LogP contribution >= 0.6 is 11.8 Å². The molecule has 3 rings (SSSR count). The Morgan fingerprint density at radius 1 is 1.32 bits per heavy atom. The molecule has 1 amide bonds. The highest BCUT2D eigenvalue weighted by Crippen LogP contribution is 2.53. The van der Waals surface area contributed by atoms with Crippen LogP contribution in [0.3, 0.4) is 0 Å². The van der Waals surface area contributed by atoms with E-state index in [1.54, 1.807) is 38.1 Å². The van der Waals surface area contributed by atoms with Gasteiger partial charge in [-0.2, -0.15) is 10.4 Å². The molecule has 2 aromatic rings. The number of aliphatic carboxylic acids is 1. The lowest BCUT2D eigenvalue weighted by Gasteiger charge is -2.29. The fourth-order valence-corrected chi connectivity index (χ4v) is 6.19. The van der Waals surface area contributed by atoms with Gasteiger partial charge in [0, 0.05) is 36.5 Å². The number of aldehydes is 1. The maximum Gasteiger partial charge on any atom is 0.319 e. The van der Waals surface area contributed by atoms with E-state index >= 15 is 0 Å². The average Bonchev–Trinajstić information content (AvgIpc) is 3.57. The highest BCUT2D eigenvalue weighted by atomic mass is 32.2. The molecule has 1 saturated carbocycles. The topological polar surface area (TPSA) is 164 Å². The van der Waals surface area contributed by atoms with Crippen molar-refractivity contribution < 1.29 is 24.2 Å². The largest absolute Gasteiger partial charge is 0.480 e. The summed E-state index contributed by atoms with van der Waals surface area (Å²) in [5, 5.41) is 25.9. The summed E-state index contributed by atoms with van der Waals surface area (Å²) in [7, 11) is 1.96. The number of carbonyl (C=O) groups is 3. The predicted molar refractivity (Wildman–Crippen MR) is 152 cm³/mol. The van der Waals surface area contributed by atoms with Gasteiger partial charge in [-0.3, -0.25) is 19.1 Å². The molecule has 12 heteroatoms. The number of amides is 1. The summed E-state index contributed by atoms with van der Waals surface area (Å²) < 4.78 is 5.97. The van der Waals surface area contributed by atoms with Crippen molar-refractivity contribution in [3.63, 3.8) is 0 Å². The number of nitrogens with zero attached hydrogens (tertiary/aromatic N) is 4. The van der Waals surface area contributed by atoms with Crippen LogP contribution in [0.5, 0.6) is 0 Å². The second-order valence-electron chi connectivity index (χ2n) is 10.5. The molecule has 4 N–H and O–H groups in total. The minimum Gasteiger partial charge on any atom is -0.480 e. The van der Waals surface area contributed by atoms with Crippen molar-refractivity contribution >= 4 is 29.9 Å². The molecule has 0 bridgehead atoms. The zero-order valence-electron chi connectivity index (χ0n) is 23.3. The van der Waals surface area contributed by atoms with Gasteiger partial charge < -0.3 is 25.8 Å². The number of nitrogens with two attached hydrogens (primary N) is 1. The zero-order valence-corrected chi connectivity index (χ0v) is 24.1. The summed E-state index contributed by atoms with van der Waals surface area (Å²) >= 11 is 1.49. The van der Waals surface area contributed by atoms with Gasteiger partial charge in [0.2, 0.25) is 0 Å². The number of carbonyl (C=O) groups excluding carboxylic acids is 2. The molecule has 1 fully saturated rings. The molecule has 0 saturated heterocycles. The molecule has 40 heavy (non-hydrogen) atoms. The van der Waals surface area contributed by atoms with Crippen molar-refractivity contribution in [2.75, 3.05) is 39.9 Å². The number of hydrogen-bond donors (Lipinski definition) is 3. The van der Waals surface area contributed by atoms with Gasteiger partial charge in [0.25, 0.3) is 5.91 Å². The minimum atomic E-state index is -0.880. The summed E-state index contributed by atoms with van der Waals surface area (Å²) in [6, 6.07) is 8.99. The van der Waals surface area contributed by atoms with E-state index in [1.165, 1.54) is 16.4 Å². The summed E-state index contributed by atoms with van der Waals surface area (Å²) in [4.78, 5) is 39.2. The number of nitrogens with one attached hydrogen (secondary N) is 1. The van der Waals surface area contributed by atoms with Gasteiger partial charge in [-0.05, 0) is 57.9 Å². The van der Waals surface area contributed by atoms with E-state index < -0.39 is 16.6 Å². The normalized spacial score (nSPS) is 14.1. The summed E-state index contributed by atoms with van der Waals surface area (Å²) in [5.41, 5.74) is 7.92. The lowest BCUT2D eigenvalue weighted by atomic mass is 10.1. The Balaban J connectivity index is 1.73. The third-order valence-corrected chi connectivity index (χ3v) is 8.42. The van der Waals surface area contributed by atoms with E-state index in [1.807, 2.05) is 7.05 Å². The number of carboxylic acids is 1. The number of likely N-dealkylation sites (N-methyl/N-ethyl adjacent to an activating group) is 1. The maximum atomic E-state index is 13.2. The molecule has 11 nitrogen and oxygen atoms in total. The van der Waals surface area contributed by atoms with E-state index in [4.69, 9.17) is 15.7 Å². The molecule has 0 spiro atoms. The molecular formula is C28H38N6O5S. The van der Waals surface area contributed by atoms with Gasteiger partial charge in [-0.1, -0.05) is 12.1 Å². The van der Waals surface area contributed by atoms with Crippen LogP contribution in [-0.4, -0.2) is 87.3 Å². The quantitative estimate of drug-likeness (QED) is 0.189. The monoisotopic (exact) mass is 570 g/mol. The van der Waals surface area contributed by atoms with Gasteiger partial charge in [-0.15, -0.1) is 11.8 Å². The Morgan fingerprint density at radius 2 is 2.02 bits per heavy atom. The minimum absolute atomic E-state index is 0.115. The number of nitriles is 1. The number of ether oxygens (including phenoxy) is 1. The first-order chi connectivity index (χ1) is 19.0. The van der Waals surface area contributed by atoms with Gasteiger partial charge in [0.1, 0.15) is 10.4 Å². The Hall–Kier alpha value is -3.24. The molecule has 1 aromatic carbocycles. The summed E-state index contributed by atoms with van der Waals surface area (Å²) in [6.07, 6.45) is 3.03. The van der Waals surface area contributed by atoms with Crippen molar-refractivity contribution in [1.29, 1.82) is 5.26 Å². The van der Waals surface area contributed by atoms with E-state index in [9.17, 15) is 19.5 Å². The standard InChI is InChI=1S/C28H38N6O5S/c1-27(2,26(37)38)40-28(9-10-28)19-33(3)12-8-22-23(18-35)34(13-15-39-14-11-29)32-24(22)25(36)31-17-21-6-4-20(16-30)5-7-21/h4-7,18H,8-15,17,19,29H2,1-3H3,(H,31,36)(H,37,38). The van der Waals surface area contributed by atoms with E-state index in [0.717, 1.165) is 24.7 Å². The molecule has 1 aliphatic rings. The van der Waals surface area contributed by atoms with Gasteiger partial charge >= 0.3 is 5.97 Å². The second kappa shape index (κ2) is 13.9. The highest BCUT2D eigenvalue weighted by Gasteiger charge is 2.49. The Kier molecular flexibility index (Phi) is 10.9. The van der Waals surface area contributed by atoms with Crippen LogP contribution in [0.4, 0.5) is 0 Å². The number of benzene rings is 1. The lowest BCUT2D eigenvalue weighted by molar-refractivity contribution is -0.138. The van der Waals surface area contributed by atoms with E-state index in [2.05, 4.69) is 21.4 Å². The second-order valence-corrected chi connectivity index (χ2v) is 12.6. The Labute approximate surface area is 239 Å². The summed E-state index contributed by atoms with van der Waals surface area (Å²) in [5.74, 6) is -1.23. The maximum absolute atomic E-state index is 13.2. The van der Waals surface area contributed by atoms with Crippen LogP contribution in [0.2, 0.25) is 0 Å². The van der Waals surface area contributed by atoms with Crippen molar-refractivity contribution in [1.82, 2.24) is 20.0 Å². The number of hydrogen-bond acceptors (Lipinski definition) is 9. The molecule has 0 aliphatic heterocycles. The lowest BCUT2D eigenvalue weighted by Crippen LogP contribution is -2.37. The number of carboxylic acid groups (broad SMARTS) is 1. The zero-order chi connectivity index (χ0) is 29.3. The molecular weight excluding hydrogens is 532 g/mol. The third-order valence-electron chi connectivity index (χ3n) is 6.76. The first-order valence-corrected chi connectivity index (χ1v) is 14.1. The molecule has 0 unspecified atom stereocenters. The highest BCUT2D eigenvalue weighted by molar-refractivity contribution is 8.03. The van der Waals surface area contributed by atoms with Crippen LogP contribution in [-0.2, 0) is 29.0 Å². The van der Waals surface area contributed by atoms with E-state index in [-0.39, 0.29) is 17.0 Å². The molecule has 1 heterocycles.